The lowest BCUT2D eigenvalue weighted by Crippen LogP contribution is -2.45. The van der Waals surface area contributed by atoms with Crippen molar-refractivity contribution in [3.63, 3.8) is 0 Å². The fourth-order valence-corrected chi connectivity index (χ4v) is 4.60. The Morgan fingerprint density at radius 2 is 2.12 bits per heavy atom. The van der Waals surface area contributed by atoms with E-state index < -0.39 is 10.0 Å². The first-order chi connectivity index (χ1) is 12.4. The molecular weight excluding hydrogens is 378 g/mol. The molecule has 1 aromatic carbocycles. The monoisotopic (exact) mass is 397 g/mol. The van der Waals surface area contributed by atoms with Gasteiger partial charge in [-0.15, -0.1) is 0 Å². The lowest BCUT2D eigenvalue weighted by molar-refractivity contribution is -0.126. The Balaban J connectivity index is 1.64. The minimum Gasteiger partial charge on any atom is -0.361 e. The second-order valence-corrected chi connectivity index (χ2v) is 8.68. The molecule has 2 heterocycles. The van der Waals surface area contributed by atoms with Crippen molar-refractivity contribution in [1.29, 1.82) is 0 Å². The molecule has 26 heavy (non-hydrogen) atoms. The number of sulfonamides is 1. The zero-order chi connectivity index (χ0) is 18.7. The number of hydrogen-bond acceptors (Lipinski definition) is 5. The predicted molar refractivity (Wildman–Crippen MR) is 96.0 cm³/mol. The van der Waals surface area contributed by atoms with Crippen LogP contribution in [0.15, 0.2) is 39.8 Å². The van der Waals surface area contributed by atoms with Crippen LogP contribution in [0.2, 0.25) is 5.02 Å². The zero-order valence-corrected chi connectivity index (χ0v) is 15.9. The molecule has 1 unspecified atom stereocenters. The molecule has 1 fully saturated rings. The van der Waals surface area contributed by atoms with Gasteiger partial charge in [-0.25, -0.2) is 8.42 Å². The van der Waals surface area contributed by atoms with Gasteiger partial charge in [0.2, 0.25) is 15.9 Å². The lowest BCUT2D eigenvalue weighted by Gasteiger charge is -2.31. The van der Waals surface area contributed by atoms with E-state index in [2.05, 4.69) is 10.5 Å². The second kappa shape index (κ2) is 7.77. The number of carbonyl (C=O) groups is 1. The number of nitrogens with one attached hydrogen (secondary N) is 1. The minimum absolute atomic E-state index is 0.161. The maximum atomic E-state index is 12.8. The molecule has 1 saturated heterocycles. The highest BCUT2D eigenvalue weighted by Crippen LogP contribution is 2.25. The number of aryl methyl sites for hydroxylation is 1. The van der Waals surface area contributed by atoms with Crippen molar-refractivity contribution >= 4 is 27.5 Å². The van der Waals surface area contributed by atoms with Crippen LogP contribution in [0.1, 0.15) is 24.3 Å². The number of nitrogens with zero attached hydrogens (tertiary/aromatic N) is 2. The molecule has 0 saturated carbocycles. The van der Waals surface area contributed by atoms with Crippen molar-refractivity contribution in [2.45, 2.75) is 31.2 Å². The third-order valence-corrected chi connectivity index (χ3v) is 6.46. The highest BCUT2D eigenvalue weighted by molar-refractivity contribution is 7.89. The number of hydrogen-bond donors (Lipinski definition) is 1. The number of aromatic nitrogens is 1. The predicted octanol–water partition coefficient (Wildman–Crippen LogP) is 2.35. The normalized spacial score (nSPS) is 18.6. The van der Waals surface area contributed by atoms with E-state index in [4.69, 9.17) is 16.1 Å². The van der Waals surface area contributed by atoms with Crippen molar-refractivity contribution < 1.29 is 17.7 Å². The maximum Gasteiger partial charge on any atom is 0.243 e. The van der Waals surface area contributed by atoms with Crippen LogP contribution in [-0.4, -0.2) is 36.9 Å². The van der Waals surface area contributed by atoms with E-state index in [0.29, 0.717) is 35.9 Å². The SMILES string of the molecule is Cc1cc(CNC(=O)C2CCCN(S(=O)(=O)c3ccc(Cl)cc3)C2)no1. The van der Waals surface area contributed by atoms with Gasteiger partial charge in [-0.3, -0.25) is 4.79 Å². The van der Waals surface area contributed by atoms with Crippen LogP contribution < -0.4 is 5.32 Å². The van der Waals surface area contributed by atoms with E-state index in [-0.39, 0.29) is 29.8 Å². The molecule has 3 rings (SSSR count). The molecule has 9 heteroatoms. The average Bonchev–Trinajstić information content (AvgIpc) is 3.05. The largest absolute Gasteiger partial charge is 0.361 e. The smallest absolute Gasteiger partial charge is 0.243 e. The fourth-order valence-electron chi connectivity index (χ4n) is 2.95. The summed E-state index contributed by atoms with van der Waals surface area (Å²) in [6.45, 7) is 2.60. The summed E-state index contributed by atoms with van der Waals surface area (Å²) in [5.74, 6) is 0.104. The standard InChI is InChI=1S/C17H20ClN3O4S/c1-12-9-15(20-25-12)10-19-17(22)13-3-2-8-21(11-13)26(23,24)16-6-4-14(18)5-7-16/h4-7,9,13H,2-3,8,10-11H2,1H3,(H,19,22). The molecule has 2 aromatic rings. The molecule has 1 aromatic heterocycles. The molecule has 0 aliphatic carbocycles. The van der Waals surface area contributed by atoms with Gasteiger partial charge in [0.15, 0.2) is 0 Å². The molecule has 1 aliphatic heterocycles. The third kappa shape index (κ3) is 4.25. The molecule has 140 valence electrons. The molecule has 1 aliphatic rings. The van der Waals surface area contributed by atoms with Gasteiger partial charge < -0.3 is 9.84 Å². The minimum atomic E-state index is -3.64. The summed E-state index contributed by atoms with van der Waals surface area (Å²) >= 11 is 5.83. The maximum absolute atomic E-state index is 12.8. The molecule has 1 atom stereocenters. The summed E-state index contributed by atoms with van der Waals surface area (Å²) in [6, 6.07) is 7.80. The van der Waals surface area contributed by atoms with E-state index in [1.165, 1.54) is 16.4 Å². The van der Waals surface area contributed by atoms with Crippen molar-refractivity contribution in [2.24, 2.45) is 5.92 Å². The van der Waals surface area contributed by atoms with Crippen LogP contribution in [-0.2, 0) is 21.4 Å². The molecule has 1 N–H and O–H groups in total. The lowest BCUT2D eigenvalue weighted by atomic mass is 9.99. The number of piperidine rings is 1. The van der Waals surface area contributed by atoms with Crippen molar-refractivity contribution in [3.8, 4) is 0 Å². The van der Waals surface area contributed by atoms with Crippen LogP contribution in [0.4, 0.5) is 0 Å². The number of halogens is 1. The Labute approximate surface area is 157 Å². The molecule has 0 radical (unpaired) electrons. The quantitative estimate of drug-likeness (QED) is 0.835. The highest BCUT2D eigenvalue weighted by atomic mass is 35.5. The molecular formula is C17H20ClN3O4S. The summed E-state index contributed by atoms with van der Waals surface area (Å²) < 4.78 is 31.9. The van der Waals surface area contributed by atoms with Crippen LogP contribution in [0, 0.1) is 12.8 Å². The Morgan fingerprint density at radius 3 is 2.77 bits per heavy atom. The zero-order valence-electron chi connectivity index (χ0n) is 14.3. The van der Waals surface area contributed by atoms with Gasteiger partial charge in [-0.1, -0.05) is 16.8 Å². The Bertz CT molecular complexity index is 880. The first-order valence-electron chi connectivity index (χ1n) is 8.32. The van der Waals surface area contributed by atoms with Gasteiger partial charge in [0.05, 0.1) is 17.4 Å². The molecule has 1 amide bonds. The first kappa shape index (κ1) is 18.9. The summed E-state index contributed by atoms with van der Waals surface area (Å²) in [4.78, 5) is 12.6. The fraction of sp³-hybridized carbons (Fsp3) is 0.412. The van der Waals surface area contributed by atoms with Gasteiger partial charge in [0.25, 0.3) is 0 Å². The van der Waals surface area contributed by atoms with Crippen LogP contribution in [0.25, 0.3) is 0 Å². The van der Waals surface area contributed by atoms with Crippen LogP contribution in [0.3, 0.4) is 0 Å². The Hall–Kier alpha value is -1.90. The summed E-state index contributed by atoms with van der Waals surface area (Å²) in [5, 5.41) is 7.10. The summed E-state index contributed by atoms with van der Waals surface area (Å²) in [7, 11) is -3.64. The van der Waals surface area contributed by atoms with Crippen molar-refractivity contribution in [3.05, 3.63) is 46.8 Å². The number of amides is 1. The van der Waals surface area contributed by atoms with Crippen molar-refractivity contribution in [2.75, 3.05) is 13.1 Å². The van der Waals surface area contributed by atoms with Gasteiger partial charge in [0, 0.05) is 24.2 Å². The van der Waals surface area contributed by atoms with Crippen LogP contribution >= 0.6 is 11.6 Å². The Morgan fingerprint density at radius 1 is 1.38 bits per heavy atom. The number of rotatable bonds is 5. The van der Waals surface area contributed by atoms with E-state index in [1.807, 2.05) is 0 Å². The van der Waals surface area contributed by atoms with E-state index >= 15 is 0 Å². The Kier molecular flexibility index (Phi) is 5.64. The van der Waals surface area contributed by atoms with E-state index in [1.54, 1.807) is 25.1 Å². The number of benzene rings is 1. The summed E-state index contributed by atoms with van der Waals surface area (Å²) in [5.41, 5.74) is 0.636. The number of carbonyl (C=O) groups excluding carboxylic acids is 1. The van der Waals surface area contributed by atoms with Crippen LogP contribution in [0.5, 0.6) is 0 Å². The highest BCUT2D eigenvalue weighted by Gasteiger charge is 2.33. The second-order valence-electron chi connectivity index (χ2n) is 6.30. The average molecular weight is 398 g/mol. The molecule has 7 nitrogen and oxygen atoms in total. The van der Waals surface area contributed by atoms with Gasteiger partial charge >= 0.3 is 0 Å². The summed E-state index contributed by atoms with van der Waals surface area (Å²) in [6.07, 6.45) is 1.28. The van der Waals surface area contributed by atoms with E-state index in [9.17, 15) is 13.2 Å². The first-order valence-corrected chi connectivity index (χ1v) is 10.1. The topological polar surface area (TPSA) is 92.5 Å². The van der Waals surface area contributed by atoms with Gasteiger partial charge in [0.1, 0.15) is 11.5 Å². The van der Waals surface area contributed by atoms with Crippen molar-refractivity contribution in [1.82, 2.24) is 14.8 Å². The van der Waals surface area contributed by atoms with Gasteiger partial charge in [-0.05, 0) is 44.0 Å². The molecule has 0 spiro atoms. The molecule has 0 bridgehead atoms. The van der Waals surface area contributed by atoms with Gasteiger partial charge in [-0.2, -0.15) is 4.31 Å². The third-order valence-electron chi connectivity index (χ3n) is 4.33. The van der Waals surface area contributed by atoms with E-state index in [0.717, 1.165) is 0 Å².